The zero-order chi connectivity index (χ0) is 9.14. The molecule has 1 aromatic rings. The standard InChI is InChI=1S/C9H11NO2/c1-6-3-4-10-8(5-6)7(2)9(11)12/h3-5,7H,1-2H3,(H,11,12)/p-1. The zero-order valence-corrected chi connectivity index (χ0v) is 7.07. The van der Waals surface area contributed by atoms with Crippen LogP contribution in [0.3, 0.4) is 0 Å². The summed E-state index contributed by atoms with van der Waals surface area (Å²) in [6, 6.07) is 3.58. The molecule has 3 nitrogen and oxygen atoms in total. The second-order valence-corrected chi connectivity index (χ2v) is 2.80. The maximum Gasteiger partial charge on any atom is 0.0502 e. The first kappa shape index (κ1) is 8.71. The third-order valence-electron chi connectivity index (χ3n) is 1.73. The Bertz CT molecular complexity index is 296. The van der Waals surface area contributed by atoms with Crippen LogP contribution in [0.5, 0.6) is 0 Å². The van der Waals surface area contributed by atoms with Gasteiger partial charge in [-0.25, -0.2) is 0 Å². The highest BCUT2D eigenvalue weighted by Gasteiger charge is 2.06. The van der Waals surface area contributed by atoms with Crippen molar-refractivity contribution in [3.05, 3.63) is 29.6 Å². The highest BCUT2D eigenvalue weighted by molar-refractivity contribution is 5.72. The van der Waals surface area contributed by atoms with Crippen LogP contribution < -0.4 is 5.11 Å². The van der Waals surface area contributed by atoms with Crippen molar-refractivity contribution in [2.24, 2.45) is 0 Å². The predicted octanol–water partition coefficient (Wildman–Crippen LogP) is 0.243. The Labute approximate surface area is 71.1 Å². The van der Waals surface area contributed by atoms with Crippen molar-refractivity contribution in [1.29, 1.82) is 0 Å². The number of aliphatic carboxylic acids is 1. The number of hydrogen-bond acceptors (Lipinski definition) is 3. The third kappa shape index (κ3) is 1.81. The number of carboxylic acid groups (broad SMARTS) is 1. The second-order valence-electron chi connectivity index (χ2n) is 2.80. The number of nitrogens with zero attached hydrogens (tertiary/aromatic N) is 1. The number of hydrogen-bond donors (Lipinski definition) is 0. The van der Waals surface area contributed by atoms with Crippen molar-refractivity contribution < 1.29 is 9.90 Å². The molecule has 0 aromatic carbocycles. The van der Waals surface area contributed by atoms with Gasteiger partial charge in [0.15, 0.2) is 0 Å². The molecule has 1 heterocycles. The first-order valence-corrected chi connectivity index (χ1v) is 3.74. The van der Waals surface area contributed by atoms with Crippen LogP contribution in [0.4, 0.5) is 0 Å². The molecular weight excluding hydrogens is 154 g/mol. The average molecular weight is 164 g/mol. The molecule has 0 spiro atoms. The monoisotopic (exact) mass is 164 g/mol. The number of carbonyl (C=O) groups is 1. The molecule has 0 N–H and O–H groups in total. The molecule has 0 radical (unpaired) electrons. The molecule has 0 aliphatic heterocycles. The molecule has 1 atom stereocenters. The van der Waals surface area contributed by atoms with Gasteiger partial charge in [0.05, 0.1) is 5.97 Å². The molecule has 0 bridgehead atoms. The van der Waals surface area contributed by atoms with E-state index in [1.54, 1.807) is 19.2 Å². The Morgan fingerprint density at radius 3 is 2.83 bits per heavy atom. The zero-order valence-electron chi connectivity index (χ0n) is 7.07. The highest BCUT2D eigenvalue weighted by Crippen LogP contribution is 2.11. The molecule has 1 rings (SSSR count). The fourth-order valence-corrected chi connectivity index (χ4v) is 0.917. The summed E-state index contributed by atoms with van der Waals surface area (Å²) in [4.78, 5) is 14.4. The molecule has 0 saturated heterocycles. The Kier molecular flexibility index (Phi) is 2.43. The van der Waals surface area contributed by atoms with E-state index in [0.717, 1.165) is 5.56 Å². The number of rotatable bonds is 2. The van der Waals surface area contributed by atoms with E-state index in [1.165, 1.54) is 0 Å². The molecule has 3 heteroatoms. The lowest BCUT2D eigenvalue weighted by atomic mass is 10.1. The Hall–Kier alpha value is -1.38. The van der Waals surface area contributed by atoms with Crippen LogP contribution in [-0.4, -0.2) is 11.0 Å². The fourth-order valence-electron chi connectivity index (χ4n) is 0.917. The first-order chi connectivity index (χ1) is 5.61. The maximum absolute atomic E-state index is 10.5. The molecule has 0 aliphatic rings. The van der Waals surface area contributed by atoms with Crippen molar-refractivity contribution >= 4 is 5.97 Å². The summed E-state index contributed by atoms with van der Waals surface area (Å²) in [5.74, 6) is -1.72. The second kappa shape index (κ2) is 3.34. The fraction of sp³-hybridized carbons (Fsp3) is 0.333. The van der Waals surface area contributed by atoms with Gasteiger partial charge in [-0.2, -0.15) is 0 Å². The summed E-state index contributed by atoms with van der Waals surface area (Å²) in [6.07, 6.45) is 1.60. The van der Waals surface area contributed by atoms with E-state index in [-0.39, 0.29) is 0 Å². The number of carboxylic acids is 1. The van der Waals surface area contributed by atoms with Crippen LogP contribution in [0, 0.1) is 6.92 Å². The summed E-state index contributed by atoms with van der Waals surface area (Å²) < 4.78 is 0. The average Bonchev–Trinajstić information content (AvgIpc) is 2.03. The summed E-state index contributed by atoms with van der Waals surface area (Å²) in [6.45, 7) is 3.46. The van der Waals surface area contributed by atoms with Gasteiger partial charge in [0, 0.05) is 17.8 Å². The molecule has 12 heavy (non-hydrogen) atoms. The quantitative estimate of drug-likeness (QED) is 0.629. The topological polar surface area (TPSA) is 53.0 Å². The third-order valence-corrected chi connectivity index (χ3v) is 1.73. The van der Waals surface area contributed by atoms with Gasteiger partial charge in [0.25, 0.3) is 0 Å². The van der Waals surface area contributed by atoms with Gasteiger partial charge < -0.3 is 9.90 Å². The van der Waals surface area contributed by atoms with Crippen molar-refractivity contribution in [3.8, 4) is 0 Å². The van der Waals surface area contributed by atoms with Crippen molar-refractivity contribution in [2.45, 2.75) is 19.8 Å². The van der Waals surface area contributed by atoms with Crippen molar-refractivity contribution in [3.63, 3.8) is 0 Å². The first-order valence-electron chi connectivity index (χ1n) is 3.74. The van der Waals surface area contributed by atoms with Gasteiger partial charge in [-0.3, -0.25) is 4.98 Å². The summed E-state index contributed by atoms with van der Waals surface area (Å²) in [5, 5.41) is 10.5. The van der Waals surface area contributed by atoms with E-state index in [0.29, 0.717) is 5.69 Å². The number of pyridine rings is 1. The van der Waals surface area contributed by atoms with Gasteiger partial charge in [-0.05, 0) is 24.6 Å². The summed E-state index contributed by atoms with van der Waals surface area (Å²) >= 11 is 0. The molecule has 0 fully saturated rings. The maximum atomic E-state index is 10.5. The van der Waals surface area contributed by atoms with E-state index < -0.39 is 11.9 Å². The predicted molar refractivity (Wildman–Crippen MR) is 42.4 cm³/mol. The molecule has 0 amide bonds. The molecule has 0 aliphatic carbocycles. The Morgan fingerprint density at radius 2 is 2.33 bits per heavy atom. The Balaban J connectivity index is 2.95. The molecule has 1 aromatic heterocycles. The van der Waals surface area contributed by atoms with Crippen molar-refractivity contribution in [2.75, 3.05) is 0 Å². The van der Waals surface area contributed by atoms with Crippen LogP contribution in [0.15, 0.2) is 18.3 Å². The lowest BCUT2D eigenvalue weighted by Gasteiger charge is -2.11. The van der Waals surface area contributed by atoms with E-state index in [1.807, 2.05) is 13.0 Å². The summed E-state index contributed by atoms with van der Waals surface area (Å²) in [7, 11) is 0. The van der Waals surface area contributed by atoms with Gasteiger partial charge in [0.2, 0.25) is 0 Å². The Morgan fingerprint density at radius 1 is 1.67 bits per heavy atom. The van der Waals surface area contributed by atoms with E-state index >= 15 is 0 Å². The minimum absolute atomic E-state index is 0.551. The smallest absolute Gasteiger partial charge is 0.0502 e. The van der Waals surface area contributed by atoms with Crippen molar-refractivity contribution in [1.82, 2.24) is 4.98 Å². The van der Waals surface area contributed by atoms with E-state index in [2.05, 4.69) is 4.98 Å². The van der Waals surface area contributed by atoms with Gasteiger partial charge in [0.1, 0.15) is 0 Å². The van der Waals surface area contributed by atoms with E-state index in [9.17, 15) is 9.90 Å². The number of carbonyl (C=O) groups excluding carboxylic acids is 1. The van der Waals surface area contributed by atoms with Crippen LogP contribution in [0.1, 0.15) is 24.1 Å². The van der Waals surface area contributed by atoms with Gasteiger partial charge >= 0.3 is 0 Å². The van der Waals surface area contributed by atoms with Crippen LogP contribution in [-0.2, 0) is 4.79 Å². The van der Waals surface area contributed by atoms with Crippen LogP contribution in [0.2, 0.25) is 0 Å². The summed E-state index contributed by atoms with van der Waals surface area (Å²) in [5.41, 5.74) is 1.56. The SMILES string of the molecule is Cc1ccnc(C(C)C(=O)[O-])c1. The normalized spacial score (nSPS) is 12.5. The lowest BCUT2D eigenvalue weighted by Crippen LogP contribution is -2.28. The minimum atomic E-state index is -1.09. The number of aryl methyl sites for hydroxylation is 1. The lowest BCUT2D eigenvalue weighted by molar-refractivity contribution is -0.307. The minimum Gasteiger partial charge on any atom is -0.549 e. The molecule has 0 saturated carbocycles. The molecule has 1 unspecified atom stereocenters. The highest BCUT2D eigenvalue weighted by atomic mass is 16.4. The van der Waals surface area contributed by atoms with Gasteiger partial charge in [-0.1, -0.05) is 6.92 Å². The number of aromatic nitrogens is 1. The molecule has 64 valence electrons. The van der Waals surface area contributed by atoms with E-state index in [4.69, 9.17) is 0 Å². The van der Waals surface area contributed by atoms with Gasteiger partial charge in [-0.15, -0.1) is 0 Å². The largest absolute Gasteiger partial charge is 0.549 e. The molecular formula is C9H10NO2-. The van der Waals surface area contributed by atoms with Crippen LogP contribution >= 0.6 is 0 Å². The van der Waals surface area contributed by atoms with Crippen LogP contribution in [0.25, 0.3) is 0 Å².